The fourth-order valence-corrected chi connectivity index (χ4v) is 4.95. The molecule has 4 rings (SSSR count). The highest BCUT2D eigenvalue weighted by atomic mass is 32.2. The van der Waals surface area contributed by atoms with Gasteiger partial charge in [-0.25, -0.2) is 17.7 Å². The molecular weight excluding hydrogens is 360 g/mol. The first-order chi connectivity index (χ1) is 12.8. The molecule has 1 heterocycles. The van der Waals surface area contributed by atoms with Crippen molar-refractivity contribution >= 4 is 21.1 Å². The van der Waals surface area contributed by atoms with Crippen LogP contribution < -0.4 is 0 Å². The summed E-state index contributed by atoms with van der Waals surface area (Å²) in [5.74, 6) is 1.88. The van der Waals surface area contributed by atoms with Gasteiger partial charge in [0.15, 0.2) is 0 Å². The SMILES string of the molecule is CCn1c(CN(C2CC2)C(C)C2CC2)nc2cc(S(=O)(=O)N(C)C)ccc21. The van der Waals surface area contributed by atoms with Crippen LogP contribution in [0.2, 0.25) is 0 Å². The largest absolute Gasteiger partial charge is 0.327 e. The molecule has 2 aromatic rings. The molecule has 0 N–H and O–H groups in total. The van der Waals surface area contributed by atoms with E-state index >= 15 is 0 Å². The van der Waals surface area contributed by atoms with Crippen molar-refractivity contribution in [3.63, 3.8) is 0 Å². The summed E-state index contributed by atoms with van der Waals surface area (Å²) in [6, 6.07) is 6.60. The number of rotatable bonds is 8. The molecule has 148 valence electrons. The van der Waals surface area contributed by atoms with Crippen LogP contribution in [0.3, 0.4) is 0 Å². The Labute approximate surface area is 162 Å². The number of fused-ring (bicyclic) bond motifs is 1. The Hall–Kier alpha value is -1.44. The molecule has 2 aliphatic carbocycles. The summed E-state index contributed by atoms with van der Waals surface area (Å²) in [5.41, 5.74) is 1.78. The van der Waals surface area contributed by atoms with Crippen LogP contribution in [0, 0.1) is 5.92 Å². The van der Waals surface area contributed by atoms with Crippen LogP contribution in [0.1, 0.15) is 45.4 Å². The van der Waals surface area contributed by atoms with Crippen LogP contribution in [0.4, 0.5) is 0 Å². The predicted octanol–water partition coefficient (Wildman–Crippen LogP) is 3.07. The zero-order valence-electron chi connectivity index (χ0n) is 16.7. The van der Waals surface area contributed by atoms with Crippen molar-refractivity contribution in [2.75, 3.05) is 14.1 Å². The lowest BCUT2D eigenvalue weighted by molar-refractivity contribution is 0.164. The topological polar surface area (TPSA) is 58.4 Å². The van der Waals surface area contributed by atoms with Crippen LogP contribution in [0.25, 0.3) is 11.0 Å². The zero-order valence-corrected chi connectivity index (χ0v) is 17.5. The Bertz CT molecular complexity index is 942. The summed E-state index contributed by atoms with van der Waals surface area (Å²) in [5, 5.41) is 0. The minimum Gasteiger partial charge on any atom is -0.327 e. The molecule has 1 atom stereocenters. The van der Waals surface area contributed by atoms with Crippen molar-refractivity contribution in [2.24, 2.45) is 5.92 Å². The van der Waals surface area contributed by atoms with E-state index in [2.05, 4.69) is 23.3 Å². The first kappa shape index (κ1) is 18.9. The number of nitrogens with zero attached hydrogens (tertiary/aromatic N) is 4. The molecule has 0 bridgehead atoms. The van der Waals surface area contributed by atoms with E-state index in [1.165, 1.54) is 30.0 Å². The summed E-state index contributed by atoms with van der Waals surface area (Å²) in [7, 11) is -0.332. The molecule has 0 radical (unpaired) electrons. The number of benzene rings is 1. The second-order valence-corrected chi connectivity index (χ2v) is 10.3. The average molecular weight is 391 g/mol. The van der Waals surface area contributed by atoms with E-state index in [4.69, 9.17) is 4.98 Å². The number of hydrogen-bond acceptors (Lipinski definition) is 4. The highest BCUT2D eigenvalue weighted by molar-refractivity contribution is 7.89. The number of sulfonamides is 1. The summed E-state index contributed by atoms with van der Waals surface area (Å²) < 4.78 is 28.4. The highest BCUT2D eigenvalue weighted by Gasteiger charge is 2.39. The van der Waals surface area contributed by atoms with Gasteiger partial charge in [-0.15, -0.1) is 0 Å². The van der Waals surface area contributed by atoms with E-state index in [1.807, 2.05) is 6.07 Å². The van der Waals surface area contributed by atoms with Gasteiger partial charge in [0.25, 0.3) is 0 Å². The maximum atomic E-state index is 12.5. The maximum absolute atomic E-state index is 12.5. The van der Waals surface area contributed by atoms with Crippen LogP contribution in [0.5, 0.6) is 0 Å². The summed E-state index contributed by atoms with van der Waals surface area (Å²) >= 11 is 0. The van der Waals surface area contributed by atoms with E-state index in [-0.39, 0.29) is 0 Å². The van der Waals surface area contributed by atoms with Crippen LogP contribution in [-0.4, -0.2) is 53.4 Å². The molecule has 2 fully saturated rings. The van der Waals surface area contributed by atoms with Crippen molar-refractivity contribution in [3.8, 4) is 0 Å². The van der Waals surface area contributed by atoms with Crippen molar-refractivity contribution in [1.82, 2.24) is 18.8 Å². The number of aromatic nitrogens is 2. The monoisotopic (exact) mass is 390 g/mol. The molecule has 1 aromatic carbocycles. The predicted molar refractivity (Wildman–Crippen MR) is 107 cm³/mol. The molecule has 7 heteroatoms. The second-order valence-electron chi connectivity index (χ2n) is 8.19. The Kier molecular flexibility index (Phi) is 4.81. The van der Waals surface area contributed by atoms with Crippen molar-refractivity contribution in [2.45, 2.75) is 69.6 Å². The Morgan fingerprint density at radius 3 is 2.48 bits per heavy atom. The van der Waals surface area contributed by atoms with Gasteiger partial charge < -0.3 is 4.57 Å². The third-order valence-corrected chi connectivity index (χ3v) is 7.87. The number of imidazole rings is 1. The molecule has 1 aromatic heterocycles. The fraction of sp³-hybridized carbons (Fsp3) is 0.650. The first-order valence-corrected chi connectivity index (χ1v) is 11.4. The van der Waals surface area contributed by atoms with Crippen molar-refractivity contribution < 1.29 is 8.42 Å². The quantitative estimate of drug-likeness (QED) is 0.695. The minimum absolute atomic E-state index is 0.303. The van der Waals surface area contributed by atoms with Crippen molar-refractivity contribution in [3.05, 3.63) is 24.0 Å². The average Bonchev–Trinajstić information content (AvgIpc) is 3.53. The van der Waals surface area contributed by atoms with Gasteiger partial charge in [-0.05, 0) is 63.6 Å². The summed E-state index contributed by atoms with van der Waals surface area (Å²) in [4.78, 5) is 7.80. The van der Waals surface area contributed by atoms with Crippen LogP contribution in [0.15, 0.2) is 23.1 Å². The third kappa shape index (κ3) is 3.52. The lowest BCUT2D eigenvalue weighted by Gasteiger charge is -2.29. The standard InChI is InChI=1S/C20H30N4O2S/c1-5-23-19-11-10-17(27(25,26)22(3)4)12-18(19)21-20(23)13-24(16-8-9-16)14(2)15-6-7-15/h10-12,14-16H,5-9,13H2,1-4H3. The van der Waals surface area contributed by atoms with E-state index < -0.39 is 10.0 Å². The van der Waals surface area contributed by atoms with Gasteiger partial charge in [0.2, 0.25) is 10.0 Å². The second kappa shape index (κ2) is 6.87. The van der Waals surface area contributed by atoms with E-state index in [9.17, 15) is 8.42 Å². The molecule has 0 saturated heterocycles. The number of hydrogen-bond donors (Lipinski definition) is 0. The molecule has 0 aliphatic heterocycles. The highest BCUT2D eigenvalue weighted by Crippen LogP contribution is 2.40. The molecule has 2 aliphatic rings. The van der Waals surface area contributed by atoms with Crippen LogP contribution in [-0.2, 0) is 23.1 Å². The van der Waals surface area contributed by atoms with Gasteiger partial charge in [0.05, 0.1) is 22.5 Å². The first-order valence-electron chi connectivity index (χ1n) is 10.0. The lowest BCUT2D eigenvalue weighted by atomic mass is 10.1. The van der Waals surface area contributed by atoms with Crippen LogP contribution >= 0.6 is 0 Å². The number of aryl methyl sites for hydroxylation is 1. The van der Waals surface area contributed by atoms with Gasteiger partial charge >= 0.3 is 0 Å². The van der Waals surface area contributed by atoms with Gasteiger partial charge in [0.1, 0.15) is 5.82 Å². The van der Waals surface area contributed by atoms with Gasteiger partial charge in [0, 0.05) is 32.7 Å². The fourth-order valence-electron chi connectivity index (χ4n) is 4.03. The zero-order chi connectivity index (χ0) is 19.3. The maximum Gasteiger partial charge on any atom is 0.242 e. The van der Waals surface area contributed by atoms with E-state index in [1.54, 1.807) is 26.2 Å². The van der Waals surface area contributed by atoms with Gasteiger partial charge in [-0.3, -0.25) is 4.90 Å². The molecule has 2 saturated carbocycles. The Balaban J connectivity index is 1.70. The summed E-state index contributed by atoms with van der Waals surface area (Å²) in [6.07, 6.45) is 5.27. The lowest BCUT2D eigenvalue weighted by Crippen LogP contribution is -2.36. The molecule has 27 heavy (non-hydrogen) atoms. The summed E-state index contributed by atoms with van der Waals surface area (Å²) in [6.45, 7) is 6.17. The normalized spacial score (nSPS) is 19.3. The molecular formula is C20H30N4O2S. The molecule has 6 nitrogen and oxygen atoms in total. The van der Waals surface area contributed by atoms with Gasteiger partial charge in [-0.1, -0.05) is 0 Å². The van der Waals surface area contributed by atoms with E-state index in [0.717, 1.165) is 35.9 Å². The minimum atomic E-state index is -3.45. The molecule has 0 amide bonds. The smallest absolute Gasteiger partial charge is 0.242 e. The van der Waals surface area contributed by atoms with Crippen molar-refractivity contribution in [1.29, 1.82) is 0 Å². The third-order valence-electron chi connectivity index (χ3n) is 6.06. The van der Waals surface area contributed by atoms with Gasteiger partial charge in [-0.2, -0.15) is 0 Å². The Morgan fingerprint density at radius 1 is 1.22 bits per heavy atom. The Morgan fingerprint density at radius 2 is 1.93 bits per heavy atom. The molecule has 1 unspecified atom stereocenters. The van der Waals surface area contributed by atoms with E-state index in [0.29, 0.717) is 17.0 Å². The molecule has 0 spiro atoms.